The molecule has 0 aliphatic carbocycles. The SMILES string of the molecule is OC(Cc1cccc(Cl)c1Cl)c1cc(Br)ccc1F. The molecule has 2 aromatic carbocycles. The van der Waals surface area contributed by atoms with Crippen LogP contribution >= 0.6 is 39.1 Å². The molecule has 0 radical (unpaired) electrons. The second-order valence-electron chi connectivity index (χ2n) is 4.10. The molecular weight excluding hydrogens is 354 g/mol. The lowest BCUT2D eigenvalue weighted by atomic mass is 10.0. The van der Waals surface area contributed by atoms with Crippen molar-refractivity contribution in [3.8, 4) is 0 Å². The molecule has 0 saturated carbocycles. The maximum atomic E-state index is 13.7. The summed E-state index contributed by atoms with van der Waals surface area (Å²) in [6.45, 7) is 0. The molecule has 0 aliphatic rings. The lowest BCUT2D eigenvalue weighted by molar-refractivity contribution is 0.173. The average Bonchev–Trinajstić information content (AvgIpc) is 2.38. The third kappa shape index (κ3) is 3.48. The first kappa shape index (κ1) is 14.8. The van der Waals surface area contributed by atoms with Gasteiger partial charge in [-0.2, -0.15) is 0 Å². The Labute approximate surface area is 129 Å². The van der Waals surface area contributed by atoms with E-state index >= 15 is 0 Å². The van der Waals surface area contributed by atoms with E-state index in [4.69, 9.17) is 23.2 Å². The normalized spacial score (nSPS) is 12.5. The molecule has 100 valence electrons. The minimum Gasteiger partial charge on any atom is -0.388 e. The van der Waals surface area contributed by atoms with E-state index in [1.54, 1.807) is 30.3 Å². The zero-order valence-electron chi connectivity index (χ0n) is 9.71. The number of benzene rings is 2. The molecule has 0 aromatic heterocycles. The molecule has 0 bridgehead atoms. The van der Waals surface area contributed by atoms with Gasteiger partial charge in [0.2, 0.25) is 0 Å². The van der Waals surface area contributed by atoms with Gasteiger partial charge in [-0.15, -0.1) is 0 Å². The van der Waals surface area contributed by atoms with Gasteiger partial charge in [0.05, 0.1) is 16.1 Å². The number of aliphatic hydroxyl groups is 1. The van der Waals surface area contributed by atoms with Crippen molar-refractivity contribution < 1.29 is 9.50 Å². The summed E-state index contributed by atoms with van der Waals surface area (Å²) < 4.78 is 14.4. The summed E-state index contributed by atoms with van der Waals surface area (Å²) in [7, 11) is 0. The number of hydrogen-bond donors (Lipinski definition) is 1. The van der Waals surface area contributed by atoms with Gasteiger partial charge in [0, 0.05) is 16.5 Å². The molecule has 0 spiro atoms. The van der Waals surface area contributed by atoms with E-state index in [-0.39, 0.29) is 12.0 Å². The van der Waals surface area contributed by atoms with Crippen LogP contribution in [0.2, 0.25) is 10.0 Å². The Bertz CT molecular complexity index is 604. The molecule has 0 amide bonds. The topological polar surface area (TPSA) is 20.2 Å². The molecule has 0 aliphatic heterocycles. The van der Waals surface area contributed by atoms with Gasteiger partial charge in [-0.1, -0.05) is 51.3 Å². The Kier molecular flexibility index (Phi) is 4.85. The Morgan fingerprint density at radius 1 is 1.21 bits per heavy atom. The maximum absolute atomic E-state index is 13.7. The van der Waals surface area contributed by atoms with Gasteiger partial charge in [-0.3, -0.25) is 0 Å². The van der Waals surface area contributed by atoms with Gasteiger partial charge in [-0.05, 0) is 29.8 Å². The summed E-state index contributed by atoms with van der Waals surface area (Å²) in [4.78, 5) is 0. The lowest BCUT2D eigenvalue weighted by Gasteiger charge is -2.14. The minimum absolute atomic E-state index is 0.201. The van der Waals surface area contributed by atoms with Crippen LogP contribution < -0.4 is 0 Å². The summed E-state index contributed by atoms with van der Waals surface area (Å²) in [5, 5.41) is 10.9. The standard InChI is InChI=1S/C14H10BrCl2FO/c15-9-4-5-12(18)10(7-9)13(19)6-8-2-1-3-11(16)14(8)17/h1-5,7,13,19H,6H2. The molecule has 0 heterocycles. The van der Waals surface area contributed by atoms with Crippen molar-refractivity contribution in [2.24, 2.45) is 0 Å². The van der Waals surface area contributed by atoms with Crippen LogP contribution in [0, 0.1) is 5.82 Å². The van der Waals surface area contributed by atoms with Crippen LogP contribution in [0.5, 0.6) is 0 Å². The molecule has 1 nitrogen and oxygen atoms in total. The van der Waals surface area contributed by atoms with E-state index in [0.717, 1.165) is 0 Å². The predicted molar refractivity (Wildman–Crippen MR) is 79.2 cm³/mol. The third-order valence-electron chi connectivity index (χ3n) is 2.76. The Balaban J connectivity index is 2.28. The summed E-state index contributed by atoms with van der Waals surface area (Å²) in [6, 6.07) is 9.61. The highest BCUT2D eigenvalue weighted by molar-refractivity contribution is 9.10. The Morgan fingerprint density at radius 2 is 1.95 bits per heavy atom. The fourth-order valence-electron chi connectivity index (χ4n) is 1.79. The first-order valence-corrected chi connectivity index (χ1v) is 7.10. The third-order valence-corrected chi connectivity index (χ3v) is 4.11. The maximum Gasteiger partial charge on any atom is 0.129 e. The van der Waals surface area contributed by atoms with Crippen molar-refractivity contribution in [2.75, 3.05) is 0 Å². The van der Waals surface area contributed by atoms with E-state index in [1.165, 1.54) is 6.07 Å². The van der Waals surface area contributed by atoms with E-state index in [1.807, 2.05) is 0 Å². The molecule has 0 saturated heterocycles. The average molecular weight is 364 g/mol. The molecule has 1 unspecified atom stereocenters. The fraction of sp³-hybridized carbons (Fsp3) is 0.143. The molecule has 1 atom stereocenters. The summed E-state index contributed by atoms with van der Waals surface area (Å²) in [6.07, 6.45) is -0.777. The number of halogens is 4. The van der Waals surface area contributed by atoms with E-state index in [9.17, 15) is 9.50 Å². The van der Waals surface area contributed by atoms with Gasteiger partial charge < -0.3 is 5.11 Å². The van der Waals surface area contributed by atoms with Gasteiger partial charge in [0.1, 0.15) is 5.82 Å². The van der Waals surface area contributed by atoms with Crippen LogP contribution in [0.15, 0.2) is 40.9 Å². The van der Waals surface area contributed by atoms with Crippen LogP contribution in [-0.4, -0.2) is 5.11 Å². The Morgan fingerprint density at radius 3 is 2.68 bits per heavy atom. The van der Waals surface area contributed by atoms with Crippen LogP contribution in [0.1, 0.15) is 17.2 Å². The van der Waals surface area contributed by atoms with Crippen molar-refractivity contribution in [3.05, 3.63) is 67.9 Å². The predicted octanol–water partition coefficient (Wildman–Crippen LogP) is 5.17. The van der Waals surface area contributed by atoms with Crippen molar-refractivity contribution >= 4 is 39.1 Å². The van der Waals surface area contributed by atoms with Gasteiger partial charge in [-0.25, -0.2) is 4.39 Å². The first-order valence-electron chi connectivity index (χ1n) is 5.55. The highest BCUT2D eigenvalue weighted by atomic mass is 79.9. The lowest BCUT2D eigenvalue weighted by Crippen LogP contribution is -2.05. The number of hydrogen-bond acceptors (Lipinski definition) is 1. The molecule has 1 N–H and O–H groups in total. The van der Waals surface area contributed by atoms with Gasteiger partial charge in [0.25, 0.3) is 0 Å². The van der Waals surface area contributed by atoms with Crippen molar-refractivity contribution in [1.29, 1.82) is 0 Å². The quantitative estimate of drug-likeness (QED) is 0.797. The number of aliphatic hydroxyl groups excluding tert-OH is 1. The van der Waals surface area contributed by atoms with Crippen molar-refractivity contribution in [1.82, 2.24) is 0 Å². The highest BCUT2D eigenvalue weighted by Gasteiger charge is 2.16. The summed E-state index contributed by atoms with van der Waals surface area (Å²) in [5.74, 6) is -0.450. The number of rotatable bonds is 3. The molecule has 19 heavy (non-hydrogen) atoms. The van der Waals surface area contributed by atoms with Crippen LogP contribution in [0.3, 0.4) is 0 Å². The van der Waals surface area contributed by atoms with Gasteiger partial charge >= 0.3 is 0 Å². The molecule has 2 aromatic rings. The second kappa shape index (κ2) is 6.23. The zero-order chi connectivity index (χ0) is 14.0. The molecule has 5 heteroatoms. The van der Waals surface area contributed by atoms with Crippen LogP contribution in [-0.2, 0) is 6.42 Å². The summed E-state index contributed by atoms with van der Waals surface area (Å²) >= 11 is 15.2. The molecular formula is C14H10BrCl2FO. The minimum atomic E-state index is -0.978. The monoisotopic (exact) mass is 362 g/mol. The zero-order valence-corrected chi connectivity index (χ0v) is 12.8. The molecule has 2 rings (SSSR count). The smallest absolute Gasteiger partial charge is 0.129 e. The van der Waals surface area contributed by atoms with E-state index in [0.29, 0.717) is 20.1 Å². The van der Waals surface area contributed by atoms with Gasteiger partial charge in [0.15, 0.2) is 0 Å². The first-order chi connectivity index (χ1) is 8.99. The summed E-state index contributed by atoms with van der Waals surface area (Å²) in [5.41, 5.74) is 0.909. The van der Waals surface area contributed by atoms with Crippen LogP contribution in [0.25, 0.3) is 0 Å². The largest absolute Gasteiger partial charge is 0.388 e. The van der Waals surface area contributed by atoms with Crippen LogP contribution in [0.4, 0.5) is 4.39 Å². The van der Waals surface area contributed by atoms with E-state index < -0.39 is 11.9 Å². The molecule has 0 fully saturated rings. The fourth-order valence-corrected chi connectivity index (χ4v) is 2.57. The van der Waals surface area contributed by atoms with Crippen molar-refractivity contribution in [3.63, 3.8) is 0 Å². The second-order valence-corrected chi connectivity index (χ2v) is 5.80. The van der Waals surface area contributed by atoms with E-state index in [2.05, 4.69) is 15.9 Å². The highest BCUT2D eigenvalue weighted by Crippen LogP contribution is 2.30. The Hall–Kier alpha value is -0.610. The van der Waals surface area contributed by atoms with Crippen molar-refractivity contribution in [2.45, 2.75) is 12.5 Å².